The van der Waals surface area contributed by atoms with Gasteiger partial charge in [-0.05, 0) is 30.7 Å². The molecule has 1 aliphatic rings. The third-order valence-corrected chi connectivity index (χ3v) is 3.05. The van der Waals surface area contributed by atoms with Gasteiger partial charge in [0.25, 0.3) is 0 Å². The van der Waals surface area contributed by atoms with Crippen molar-refractivity contribution in [2.24, 2.45) is 0 Å². The Morgan fingerprint density at radius 3 is 2.22 bits per heavy atom. The van der Waals surface area contributed by atoms with Crippen LogP contribution in [0.2, 0.25) is 0 Å². The highest BCUT2D eigenvalue weighted by Gasteiger charge is 2.41. The van der Waals surface area contributed by atoms with Gasteiger partial charge < -0.3 is 14.6 Å². The summed E-state index contributed by atoms with van der Waals surface area (Å²) in [6.07, 6.45) is 0.700. The van der Waals surface area contributed by atoms with Crippen LogP contribution in [0.3, 0.4) is 0 Å². The fraction of sp³-hybridized carbons (Fsp3) is 0.385. The molecule has 0 saturated carbocycles. The lowest BCUT2D eigenvalue weighted by molar-refractivity contribution is -0.181. The average molecular weight is 250 g/mol. The molecule has 0 spiro atoms. The minimum atomic E-state index is -1.02. The van der Waals surface area contributed by atoms with Crippen molar-refractivity contribution in [3.05, 3.63) is 35.4 Å². The van der Waals surface area contributed by atoms with Crippen molar-refractivity contribution >= 4 is 11.9 Å². The molecule has 1 N–H and O–H groups in total. The molecule has 18 heavy (non-hydrogen) atoms. The zero-order valence-corrected chi connectivity index (χ0v) is 10.0. The van der Waals surface area contributed by atoms with Crippen molar-refractivity contribution in [2.45, 2.75) is 18.9 Å². The number of benzene rings is 1. The summed E-state index contributed by atoms with van der Waals surface area (Å²) < 4.78 is 10.5. The molecular weight excluding hydrogens is 236 g/mol. The predicted octanol–water partition coefficient (Wildman–Crippen LogP) is 1.72. The van der Waals surface area contributed by atoms with E-state index < -0.39 is 17.5 Å². The summed E-state index contributed by atoms with van der Waals surface area (Å²) in [6.45, 7) is 2.77. The summed E-state index contributed by atoms with van der Waals surface area (Å²) in [7, 11) is 0. The van der Waals surface area contributed by atoms with Crippen LogP contribution in [0.15, 0.2) is 24.3 Å². The number of aromatic carboxylic acids is 1. The summed E-state index contributed by atoms with van der Waals surface area (Å²) in [5, 5.41) is 8.75. The van der Waals surface area contributed by atoms with E-state index in [0.29, 0.717) is 25.2 Å². The van der Waals surface area contributed by atoms with Gasteiger partial charge in [0.15, 0.2) is 5.60 Å². The minimum Gasteiger partial charge on any atom is -0.478 e. The first-order valence-electron chi connectivity index (χ1n) is 5.71. The summed E-state index contributed by atoms with van der Waals surface area (Å²) in [4.78, 5) is 22.5. The second-order valence-corrected chi connectivity index (χ2v) is 4.30. The van der Waals surface area contributed by atoms with Crippen LogP contribution in [0.25, 0.3) is 0 Å². The van der Waals surface area contributed by atoms with Crippen molar-refractivity contribution in [1.29, 1.82) is 0 Å². The third kappa shape index (κ3) is 2.36. The van der Waals surface area contributed by atoms with Gasteiger partial charge in [0.1, 0.15) is 0 Å². The lowest BCUT2D eigenvalue weighted by Gasteiger charge is -2.39. The van der Waals surface area contributed by atoms with Gasteiger partial charge in [0.05, 0.1) is 24.3 Å². The largest absolute Gasteiger partial charge is 0.478 e. The molecule has 5 heteroatoms. The predicted molar refractivity (Wildman–Crippen MR) is 62.7 cm³/mol. The topological polar surface area (TPSA) is 72.8 Å². The van der Waals surface area contributed by atoms with E-state index in [9.17, 15) is 9.59 Å². The van der Waals surface area contributed by atoms with E-state index in [4.69, 9.17) is 14.6 Å². The number of hydrogen-bond acceptors (Lipinski definition) is 4. The van der Waals surface area contributed by atoms with E-state index in [0.717, 1.165) is 0 Å². The monoisotopic (exact) mass is 250 g/mol. The minimum absolute atomic E-state index is 0.142. The molecule has 0 unspecified atom stereocenters. The highest BCUT2D eigenvalue weighted by atomic mass is 16.6. The Hall–Kier alpha value is -1.88. The van der Waals surface area contributed by atoms with Crippen molar-refractivity contribution in [1.82, 2.24) is 0 Å². The number of carbonyl (C=O) groups is 2. The number of carboxylic acid groups (broad SMARTS) is 1. The van der Waals surface area contributed by atoms with Crippen LogP contribution in [-0.4, -0.2) is 35.9 Å². The Labute approximate surface area is 104 Å². The van der Waals surface area contributed by atoms with Gasteiger partial charge in [0.2, 0.25) is 0 Å². The van der Waals surface area contributed by atoms with Crippen molar-refractivity contribution in [2.75, 3.05) is 13.2 Å². The molecule has 0 aromatic heterocycles. The van der Waals surface area contributed by atoms with Crippen LogP contribution >= 0.6 is 0 Å². The van der Waals surface area contributed by atoms with Crippen molar-refractivity contribution < 1.29 is 24.2 Å². The molecule has 1 aromatic carbocycles. The summed E-state index contributed by atoms with van der Waals surface area (Å²) in [5.74, 6) is -1.47. The van der Waals surface area contributed by atoms with Gasteiger partial charge in [-0.2, -0.15) is 0 Å². The maximum absolute atomic E-state index is 11.9. The van der Waals surface area contributed by atoms with Gasteiger partial charge >= 0.3 is 11.9 Å². The second-order valence-electron chi connectivity index (χ2n) is 4.30. The third-order valence-electron chi connectivity index (χ3n) is 3.05. The van der Waals surface area contributed by atoms with Crippen LogP contribution < -0.4 is 0 Å². The van der Waals surface area contributed by atoms with Gasteiger partial charge in [-0.15, -0.1) is 0 Å². The van der Waals surface area contributed by atoms with Gasteiger partial charge in [-0.25, -0.2) is 9.59 Å². The number of esters is 1. The summed E-state index contributed by atoms with van der Waals surface area (Å²) in [5.41, 5.74) is -0.0220. The zero-order valence-electron chi connectivity index (χ0n) is 10.0. The quantitative estimate of drug-likeness (QED) is 0.824. The maximum atomic E-state index is 11.9. The number of hydrogen-bond donors (Lipinski definition) is 1. The highest BCUT2D eigenvalue weighted by molar-refractivity contribution is 5.92. The molecule has 2 rings (SSSR count). The lowest BCUT2D eigenvalue weighted by atomic mass is 9.98. The SMILES string of the molecule is CCC1(OC(=O)c2ccc(C(=O)O)cc2)COC1. The van der Waals surface area contributed by atoms with Crippen LogP contribution in [0.4, 0.5) is 0 Å². The molecule has 1 fully saturated rings. The van der Waals surface area contributed by atoms with E-state index >= 15 is 0 Å². The molecule has 0 bridgehead atoms. The van der Waals surface area contributed by atoms with Crippen molar-refractivity contribution in [3.63, 3.8) is 0 Å². The Balaban J connectivity index is 2.07. The molecule has 1 heterocycles. The lowest BCUT2D eigenvalue weighted by Crippen LogP contribution is -2.52. The summed E-state index contributed by atoms with van der Waals surface area (Å²) in [6, 6.07) is 5.67. The Bertz CT molecular complexity index is 453. The van der Waals surface area contributed by atoms with Gasteiger partial charge in [-0.3, -0.25) is 0 Å². The van der Waals surface area contributed by atoms with E-state index in [2.05, 4.69) is 0 Å². The standard InChI is InChI=1S/C13H14O5/c1-2-13(7-17-8-13)18-12(16)10-5-3-9(4-6-10)11(14)15/h3-6H,2,7-8H2,1H3,(H,14,15). The molecule has 1 saturated heterocycles. The first kappa shape index (κ1) is 12.6. The molecule has 0 amide bonds. The molecule has 1 aromatic rings. The van der Waals surface area contributed by atoms with Gasteiger partial charge in [-0.1, -0.05) is 6.92 Å². The fourth-order valence-electron chi connectivity index (χ4n) is 1.67. The molecule has 1 aliphatic heterocycles. The first-order chi connectivity index (χ1) is 8.56. The average Bonchev–Trinajstić information content (AvgIpc) is 2.33. The normalized spacial score (nSPS) is 16.7. The zero-order chi connectivity index (χ0) is 13.2. The smallest absolute Gasteiger partial charge is 0.338 e. The van der Waals surface area contributed by atoms with E-state index in [1.807, 2.05) is 6.92 Å². The summed E-state index contributed by atoms with van der Waals surface area (Å²) >= 11 is 0. The molecule has 5 nitrogen and oxygen atoms in total. The van der Waals surface area contributed by atoms with E-state index in [-0.39, 0.29) is 5.56 Å². The number of rotatable bonds is 4. The number of carboxylic acids is 1. The molecule has 96 valence electrons. The van der Waals surface area contributed by atoms with Crippen LogP contribution in [0, 0.1) is 0 Å². The Kier molecular flexibility index (Phi) is 3.34. The van der Waals surface area contributed by atoms with Crippen LogP contribution in [0.1, 0.15) is 34.1 Å². The molecular formula is C13H14O5. The van der Waals surface area contributed by atoms with Gasteiger partial charge in [0, 0.05) is 0 Å². The number of carbonyl (C=O) groups excluding carboxylic acids is 1. The number of ether oxygens (including phenoxy) is 2. The van der Waals surface area contributed by atoms with E-state index in [1.165, 1.54) is 24.3 Å². The van der Waals surface area contributed by atoms with Crippen LogP contribution in [-0.2, 0) is 9.47 Å². The Morgan fingerprint density at radius 1 is 1.28 bits per heavy atom. The fourth-order valence-corrected chi connectivity index (χ4v) is 1.67. The molecule has 0 atom stereocenters. The van der Waals surface area contributed by atoms with Crippen LogP contribution in [0.5, 0.6) is 0 Å². The molecule has 0 radical (unpaired) electrons. The first-order valence-corrected chi connectivity index (χ1v) is 5.71. The highest BCUT2D eigenvalue weighted by Crippen LogP contribution is 2.26. The van der Waals surface area contributed by atoms with Crippen molar-refractivity contribution in [3.8, 4) is 0 Å². The maximum Gasteiger partial charge on any atom is 0.338 e. The second kappa shape index (κ2) is 4.78. The van der Waals surface area contributed by atoms with E-state index in [1.54, 1.807) is 0 Å². The molecule has 0 aliphatic carbocycles. The Morgan fingerprint density at radius 2 is 1.83 bits per heavy atom.